The van der Waals surface area contributed by atoms with Crippen LogP contribution in [0.3, 0.4) is 0 Å². The highest BCUT2D eigenvalue weighted by Crippen LogP contribution is 2.42. The normalized spacial score (nSPS) is 23.6. The largest absolute Gasteiger partial charge is 0.481 e. The fourth-order valence-electron chi connectivity index (χ4n) is 6.36. The number of carboxylic acid groups (broad SMARTS) is 1. The van der Waals surface area contributed by atoms with Crippen molar-refractivity contribution in [3.8, 4) is 11.1 Å². The van der Waals surface area contributed by atoms with Crippen molar-refractivity contribution in [2.24, 2.45) is 5.92 Å². The molecule has 2 fully saturated rings. The number of hydrogen-bond acceptors (Lipinski definition) is 7. The Morgan fingerprint density at radius 2 is 1.67 bits per heavy atom. The number of carbonyl (C=O) groups is 2. The molecule has 2 aliphatic heterocycles. The fraction of sp³-hybridized carbons (Fsp3) is 0.444. The standard InChI is InChI=1S/C36H44N2O7/c1-24-32(21-38-19-5-7-30(38)23-40)44-36(45-35(24)27-13-11-25(22-39)12-14-27)28-17-15-26(16-18-28)31-8-3-2-6-29(31)20-37-33(41)9-4-10-34(42)43/h2-3,6,8,11-18,24,30,32,35-36,39-40H,4-5,7,9-10,19-23H2,1H3,(H,37,41)(H,42,43)/t24-,30-,32+,35+,36+/m0/s1. The summed E-state index contributed by atoms with van der Waals surface area (Å²) in [5.74, 6) is -1.01. The van der Waals surface area contributed by atoms with Gasteiger partial charge < -0.3 is 30.1 Å². The number of amides is 1. The second kappa shape index (κ2) is 15.6. The third-order valence-corrected chi connectivity index (χ3v) is 9.03. The van der Waals surface area contributed by atoms with Gasteiger partial charge in [0.2, 0.25) is 5.91 Å². The molecule has 0 aromatic heterocycles. The first-order valence-corrected chi connectivity index (χ1v) is 15.9. The Balaban J connectivity index is 1.33. The summed E-state index contributed by atoms with van der Waals surface area (Å²) in [6, 6.07) is 24.1. The number of aliphatic hydroxyl groups is 2. The monoisotopic (exact) mass is 616 g/mol. The Kier molecular flexibility index (Phi) is 11.4. The highest BCUT2D eigenvalue weighted by molar-refractivity contribution is 5.77. The van der Waals surface area contributed by atoms with Gasteiger partial charge in [-0.1, -0.05) is 79.7 Å². The van der Waals surface area contributed by atoms with E-state index in [-0.39, 0.29) is 56.1 Å². The predicted octanol–water partition coefficient (Wildman–Crippen LogP) is 4.97. The molecule has 4 N–H and O–H groups in total. The van der Waals surface area contributed by atoms with Crippen LogP contribution in [-0.4, -0.2) is 63.9 Å². The number of nitrogens with one attached hydrogen (secondary N) is 1. The topological polar surface area (TPSA) is 129 Å². The maximum absolute atomic E-state index is 12.3. The lowest BCUT2D eigenvalue weighted by Crippen LogP contribution is -2.46. The minimum Gasteiger partial charge on any atom is -0.481 e. The van der Waals surface area contributed by atoms with Crippen LogP contribution in [0, 0.1) is 5.92 Å². The van der Waals surface area contributed by atoms with Crippen LogP contribution in [0.1, 0.15) is 73.7 Å². The van der Waals surface area contributed by atoms with Crippen LogP contribution in [0.25, 0.3) is 11.1 Å². The summed E-state index contributed by atoms with van der Waals surface area (Å²) >= 11 is 0. The minimum absolute atomic E-state index is 0.0120. The van der Waals surface area contributed by atoms with E-state index in [9.17, 15) is 19.8 Å². The number of carboxylic acids is 1. The number of carbonyl (C=O) groups excluding carboxylic acids is 1. The molecule has 2 aliphatic rings. The number of aliphatic carboxylic acids is 1. The molecule has 5 rings (SSSR count). The Hall–Kier alpha value is -3.60. The van der Waals surface area contributed by atoms with Gasteiger partial charge in [0.25, 0.3) is 0 Å². The van der Waals surface area contributed by atoms with Crippen molar-refractivity contribution in [3.05, 3.63) is 95.1 Å². The van der Waals surface area contributed by atoms with Crippen molar-refractivity contribution in [1.29, 1.82) is 0 Å². The van der Waals surface area contributed by atoms with Crippen LogP contribution < -0.4 is 5.32 Å². The Bertz CT molecular complexity index is 1410. The molecule has 0 spiro atoms. The van der Waals surface area contributed by atoms with Gasteiger partial charge in [-0.3, -0.25) is 14.5 Å². The van der Waals surface area contributed by atoms with Crippen LogP contribution in [0.5, 0.6) is 0 Å². The highest BCUT2D eigenvalue weighted by Gasteiger charge is 2.40. The van der Waals surface area contributed by atoms with E-state index in [0.29, 0.717) is 19.5 Å². The van der Waals surface area contributed by atoms with E-state index in [4.69, 9.17) is 14.6 Å². The lowest BCUT2D eigenvalue weighted by atomic mass is 9.89. The van der Waals surface area contributed by atoms with Gasteiger partial charge in [0.15, 0.2) is 6.29 Å². The van der Waals surface area contributed by atoms with Crippen molar-refractivity contribution in [3.63, 3.8) is 0 Å². The van der Waals surface area contributed by atoms with Gasteiger partial charge in [0.05, 0.1) is 25.4 Å². The number of ether oxygens (including phenoxy) is 2. The maximum atomic E-state index is 12.3. The number of rotatable bonds is 13. The molecule has 0 unspecified atom stereocenters. The molecule has 0 aliphatic carbocycles. The first-order chi connectivity index (χ1) is 21.9. The summed E-state index contributed by atoms with van der Waals surface area (Å²) in [6.07, 6.45) is 1.60. The van der Waals surface area contributed by atoms with Crippen molar-refractivity contribution in [2.45, 2.75) is 76.7 Å². The van der Waals surface area contributed by atoms with E-state index in [2.05, 4.69) is 17.1 Å². The van der Waals surface area contributed by atoms with E-state index in [1.54, 1.807) is 0 Å². The fourth-order valence-corrected chi connectivity index (χ4v) is 6.36. The van der Waals surface area contributed by atoms with Gasteiger partial charge in [-0.2, -0.15) is 0 Å². The zero-order valence-corrected chi connectivity index (χ0v) is 25.8. The van der Waals surface area contributed by atoms with Crippen LogP contribution in [0.4, 0.5) is 0 Å². The molecule has 0 radical (unpaired) electrons. The molecule has 2 saturated heterocycles. The average Bonchev–Trinajstić information content (AvgIpc) is 3.52. The Morgan fingerprint density at radius 3 is 2.38 bits per heavy atom. The summed E-state index contributed by atoms with van der Waals surface area (Å²) in [7, 11) is 0. The zero-order valence-electron chi connectivity index (χ0n) is 25.8. The predicted molar refractivity (Wildman–Crippen MR) is 170 cm³/mol. The molecule has 5 atom stereocenters. The minimum atomic E-state index is -0.903. The third kappa shape index (κ3) is 8.36. The van der Waals surface area contributed by atoms with Gasteiger partial charge in [-0.25, -0.2) is 0 Å². The van der Waals surface area contributed by atoms with Crippen molar-refractivity contribution in [1.82, 2.24) is 10.2 Å². The Morgan fingerprint density at radius 1 is 0.933 bits per heavy atom. The molecule has 0 bridgehead atoms. The molecule has 240 valence electrons. The molecule has 45 heavy (non-hydrogen) atoms. The third-order valence-electron chi connectivity index (χ3n) is 9.03. The summed E-state index contributed by atoms with van der Waals surface area (Å²) in [5.41, 5.74) is 5.74. The lowest BCUT2D eigenvalue weighted by Gasteiger charge is -2.43. The number of benzene rings is 3. The number of nitrogens with zero attached hydrogens (tertiary/aromatic N) is 1. The van der Waals surface area contributed by atoms with E-state index in [0.717, 1.165) is 52.8 Å². The van der Waals surface area contributed by atoms with Crippen LogP contribution in [0.2, 0.25) is 0 Å². The Labute approximate surface area is 264 Å². The summed E-state index contributed by atoms with van der Waals surface area (Å²) in [5, 5.41) is 31.2. The summed E-state index contributed by atoms with van der Waals surface area (Å²) in [4.78, 5) is 25.3. The second-order valence-electron chi connectivity index (χ2n) is 12.1. The van der Waals surface area contributed by atoms with E-state index < -0.39 is 12.3 Å². The van der Waals surface area contributed by atoms with Gasteiger partial charge in [-0.15, -0.1) is 0 Å². The van der Waals surface area contributed by atoms with Gasteiger partial charge >= 0.3 is 5.97 Å². The smallest absolute Gasteiger partial charge is 0.303 e. The molecule has 1 amide bonds. The SMILES string of the molecule is C[C@H]1[C@@H](CN2CCC[C@H]2CO)O[C@@H](c2ccc(-c3ccccc3CNC(=O)CCCC(=O)O)cc2)O[C@H]1c1ccc(CO)cc1. The van der Waals surface area contributed by atoms with Crippen molar-refractivity contribution >= 4 is 11.9 Å². The number of aliphatic hydroxyl groups excluding tert-OH is 2. The highest BCUT2D eigenvalue weighted by atomic mass is 16.7. The lowest BCUT2D eigenvalue weighted by molar-refractivity contribution is -0.276. The van der Waals surface area contributed by atoms with Gasteiger partial charge in [0, 0.05) is 43.5 Å². The molecular weight excluding hydrogens is 572 g/mol. The van der Waals surface area contributed by atoms with E-state index in [1.165, 1.54) is 0 Å². The quantitative estimate of drug-likeness (QED) is 0.212. The molecule has 3 aromatic rings. The van der Waals surface area contributed by atoms with Gasteiger partial charge in [0.1, 0.15) is 0 Å². The molecular formula is C36H44N2O7. The van der Waals surface area contributed by atoms with E-state index >= 15 is 0 Å². The summed E-state index contributed by atoms with van der Waals surface area (Å²) in [6.45, 7) is 4.29. The molecule has 2 heterocycles. The number of hydrogen-bond donors (Lipinski definition) is 4. The second-order valence-corrected chi connectivity index (χ2v) is 12.1. The van der Waals surface area contributed by atoms with Crippen LogP contribution in [-0.2, 0) is 32.2 Å². The number of likely N-dealkylation sites (tertiary alicyclic amines) is 1. The first-order valence-electron chi connectivity index (χ1n) is 15.9. The van der Waals surface area contributed by atoms with Crippen molar-refractivity contribution < 1.29 is 34.4 Å². The molecule has 0 saturated carbocycles. The summed E-state index contributed by atoms with van der Waals surface area (Å²) < 4.78 is 13.3. The van der Waals surface area contributed by atoms with Crippen molar-refractivity contribution in [2.75, 3.05) is 19.7 Å². The molecule has 3 aromatic carbocycles. The van der Waals surface area contributed by atoms with Crippen LogP contribution in [0.15, 0.2) is 72.8 Å². The van der Waals surface area contributed by atoms with Crippen LogP contribution >= 0.6 is 0 Å². The first kappa shape index (κ1) is 32.8. The van der Waals surface area contributed by atoms with E-state index in [1.807, 2.05) is 72.8 Å². The zero-order chi connectivity index (χ0) is 31.8. The molecule has 9 heteroatoms. The maximum Gasteiger partial charge on any atom is 0.303 e. The average molecular weight is 617 g/mol. The molecule has 9 nitrogen and oxygen atoms in total. The van der Waals surface area contributed by atoms with Gasteiger partial charge in [-0.05, 0) is 53.6 Å².